The van der Waals surface area contributed by atoms with Crippen LogP contribution in [-0.4, -0.2) is 9.97 Å². The van der Waals surface area contributed by atoms with E-state index in [1.165, 1.54) is 104 Å². The highest BCUT2D eigenvalue weighted by molar-refractivity contribution is 6.20. The number of fused-ring (bicyclic) bond motifs is 8. The van der Waals surface area contributed by atoms with Crippen LogP contribution >= 0.6 is 0 Å². The summed E-state index contributed by atoms with van der Waals surface area (Å²) in [6.07, 6.45) is 5.65. The van der Waals surface area contributed by atoms with Crippen molar-refractivity contribution in [1.29, 1.82) is 0 Å². The highest BCUT2D eigenvalue weighted by atomic mass is 15.2. The minimum atomic E-state index is 0.854. The molecule has 0 unspecified atom stereocenters. The van der Waals surface area contributed by atoms with Crippen molar-refractivity contribution in [2.75, 3.05) is 9.80 Å². The molecule has 4 heteroatoms. The highest BCUT2D eigenvalue weighted by Crippen LogP contribution is 2.53. The van der Waals surface area contributed by atoms with Gasteiger partial charge in [0.1, 0.15) is 5.82 Å². The van der Waals surface area contributed by atoms with Crippen molar-refractivity contribution in [1.82, 2.24) is 9.97 Å². The van der Waals surface area contributed by atoms with Gasteiger partial charge in [0.2, 0.25) is 0 Å². The summed E-state index contributed by atoms with van der Waals surface area (Å²) < 4.78 is 0. The van der Waals surface area contributed by atoms with E-state index in [4.69, 9.17) is 4.98 Å². The van der Waals surface area contributed by atoms with Crippen molar-refractivity contribution >= 4 is 77.3 Å². The van der Waals surface area contributed by atoms with E-state index in [0.29, 0.717) is 0 Å². The third-order valence-electron chi connectivity index (χ3n) is 16.3. The molecule has 16 rings (SSSR count). The van der Waals surface area contributed by atoms with Crippen LogP contribution in [0.1, 0.15) is 0 Å². The summed E-state index contributed by atoms with van der Waals surface area (Å²) in [6.45, 7) is 0. The molecule has 0 aliphatic heterocycles. The fourth-order valence-electron chi connectivity index (χ4n) is 12.8. The number of benzene rings is 12. The Morgan fingerprint density at radius 2 is 0.769 bits per heavy atom. The predicted molar refractivity (Wildman–Crippen MR) is 327 cm³/mol. The zero-order valence-corrected chi connectivity index (χ0v) is 42.3. The van der Waals surface area contributed by atoms with Gasteiger partial charge in [-0.15, -0.1) is 0 Å². The van der Waals surface area contributed by atoms with E-state index in [9.17, 15) is 0 Å². The van der Waals surface area contributed by atoms with E-state index >= 15 is 0 Å². The molecule has 0 saturated carbocycles. The maximum absolute atomic E-state index is 5.00. The van der Waals surface area contributed by atoms with Crippen molar-refractivity contribution in [2.24, 2.45) is 0 Å². The van der Waals surface area contributed by atoms with Crippen molar-refractivity contribution in [3.8, 4) is 77.9 Å². The van der Waals surface area contributed by atoms with E-state index in [1.54, 1.807) is 0 Å². The molecule has 2 heterocycles. The molecule has 2 aliphatic carbocycles. The minimum Gasteiger partial charge on any atom is -0.308 e. The lowest BCUT2D eigenvalue weighted by atomic mass is 9.94. The fraction of sp³-hybridized carbons (Fsp3) is 0. The second-order valence-corrected chi connectivity index (χ2v) is 20.5. The lowest BCUT2D eigenvalue weighted by Gasteiger charge is -2.27. The van der Waals surface area contributed by atoms with Crippen LogP contribution in [0.15, 0.2) is 279 Å². The third kappa shape index (κ3) is 6.87. The molecule has 2 aliphatic rings. The minimum absolute atomic E-state index is 0.854. The first kappa shape index (κ1) is 43.9. The summed E-state index contributed by atoms with van der Waals surface area (Å²) in [5, 5.41) is 9.86. The first-order valence-electron chi connectivity index (χ1n) is 26.7. The molecule has 2 aromatic heterocycles. The lowest BCUT2D eigenvalue weighted by molar-refractivity contribution is 1.19. The Kier molecular flexibility index (Phi) is 9.91. The summed E-state index contributed by atoms with van der Waals surface area (Å²) in [5.74, 6) is 0.854. The predicted octanol–water partition coefficient (Wildman–Crippen LogP) is 20.3. The largest absolute Gasteiger partial charge is 0.308 e. The van der Waals surface area contributed by atoms with E-state index < -0.39 is 0 Å². The van der Waals surface area contributed by atoms with E-state index in [-0.39, 0.29) is 0 Å². The van der Waals surface area contributed by atoms with Gasteiger partial charge in [-0.25, -0.2) is 4.98 Å². The molecule has 0 fully saturated rings. The second kappa shape index (κ2) is 17.6. The van der Waals surface area contributed by atoms with Crippen LogP contribution in [0.25, 0.3) is 121 Å². The molecule has 0 N–H and O–H groups in total. The van der Waals surface area contributed by atoms with E-state index in [1.807, 2.05) is 30.7 Å². The summed E-state index contributed by atoms with van der Waals surface area (Å²) >= 11 is 0. The number of hydrogen-bond acceptors (Lipinski definition) is 4. The van der Waals surface area contributed by atoms with Gasteiger partial charge in [-0.2, -0.15) is 0 Å². The molecule has 14 aromatic rings. The number of hydrogen-bond donors (Lipinski definition) is 0. The van der Waals surface area contributed by atoms with Crippen LogP contribution < -0.4 is 9.80 Å². The van der Waals surface area contributed by atoms with Crippen LogP contribution in [0.4, 0.5) is 34.3 Å². The van der Waals surface area contributed by atoms with E-state index in [2.05, 4.69) is 264 Å². The van der Waals surface area contributed by atoms with Gasteiger partial charge in [0.25, 0.3) is 0 Å². The molecule has 0 amide bonds. The topological polar surface area (TPSA) is 32.3 Å². The standard InChI is InChI=1S/C74H46N4/c1-3-17-58-47(13-1)15-9-25-70(58)77(55-16-12-41-75-46-55)53-32-27-48(28-33-53)57-38-40-68-62-36-31-50(44-69(62)66-24-11-22-64(57)74(66)68)52-43-51-14-2-4-18-59(51)71(45-52)78(72-26-7-8-42-76-72)54-34-29-49(30-35-54)56-37-39-67-61-20-6-5-19-60(61)65-23-10-21-63(56)73(65)67/h1-46H. The Morgan fingerprint density at radius 1 is 0.256 bits per heavy atom. The number of nitrogens with zero attached hydrogens (tertiary/aromatic N) is 4. The molecule has 12 aromatic carbocycles. The Balaban J connectivity index is 0.767. The Morgan fingerprint density at radius 3 is 1.44 bits per heavy atom. The lowest BCUT2D eigenvalue weighted by Crippen LogP contribution is -2.12. The molecule has 0 spiro atoms. The average Bonchev–Trinajstić information content (AvgIpc) is 4.23. The van der Waals surface area contributed by atoms with Gasteiger partial charge in [-0.05, 0) is 183 Å². The molecule has 0 saturated heterocycles. The van der Waals surface area contributed by atoms with Crippen LogP contribution in [0.2, 0.25) is 0 Å². The molecule has 78 heavy (non-hydrogen) atoms. The van der Waals surface area contributed by atoms with E-state index in [0.717, 1.165) is 50.8 Å². The second-order valence-electron chi connectivity index (χ2n) is 20.5. The van der Waals surface area contributed by atoms with Gasteiger partial charge in [-0.1, -0.05) is 188 Å². The van der Waals surface area contributed by atoms with Crippen LogP contribution in [0, 0.1) is 0 Å². The summed E-state index contributed by atoms with van der Waals surface area (Å²) in [6, 6.07) is 95.5. The summed E-state index contributed by atoms with van der Waals surface area (Å²) in [5.41, 5.74) is 22.7. The first-order valence-corrected chi connectivity index (χ1v) is 26.7. The Hall–Kier alpha value is -10.4. The van der Waals surface area contributed by atoms with Crippen LogP contribution in [0.3, 0.4) is 0 Å². The first-order chi connectivity index (χ1) is 38.7. The van der Waals surface area contributed by atoms with Gasteiger partial charge in [0, 0.05) is 34.5 Å². The molecule has 0 atom stereocenters. The van der Waals surface area contributed by atoms with Gasteiger partial charge < -0.3 is 4.90 Å². The van der Waals surface area contributed by atoms with Crippen LogP contribution in [-0.2, 0) is 0 Å². The van der Waals surface area contributed by atoms with Crippen molar-refractivity contribution in [3.05, 3.63) is 279 Å². The quantitative estimate of drug-likeness (QED) is 0.144. The van der Waals surface area contributed by atoms with Crippen LogP contribution in [0.5, 0.6) is 0 Å². The maximum atomic E-state index is 5.00. The van der Waals surface area contributed by atoms with Crippen molar-refractivity contribution in [3.63, 3.8) is 0 Å². The molecular formula is C74H46N4. The summed E-state index contributed by atoms with van der Waals surface area (Å²) in [4.78, 5) is 14.1. The van der Waals surface area contributed by atoms with Gasteiger partial charge >= 0.3 is 0 Å². The highest BCUT2D eigenvalue weighted by Gasteiger charge is 2.26. The average molecular weight is 991 g/mol. The van der Waals surface area contributed by atoms with Gasteiger partial charge in [-0.3, -0.25) is 9.88 Å². The smallest absolute Gasteiger partial charge is 0.137 e. The molecule has 4 nitrogen and oxygen atoms in total. The number of anilines is 6. The maximum Gasteiger partial charge on any atom is 0.137 e. The van der Waals surface area contributed by atoms with Gasteiger partial charge in [0.05, 0.1) is 23.3 Å². The zero-order valence-electron chi connectivity index (χ0n) is 42.3. The third-order valence-corrected chi connectivity index (χ3v) is 16.3. The number of pyridine rings is 2. The number of rotatable bonds is 9. The fourth-order valence-corrected chi connectivity index (χ4v) is 12.8. The monoisotopic (exact) mass is 990 g/mol. The SMILES string of the molecule is c1ccc(N(c2ccc(-c3ccc4c5c(cccc35)-c3ccccc3-4)cc2)c2cc(-c3ccc4c(c3)-c3cccc5c(-c6ccc(N(c7cccnc7)c7cccc8ccccc78)cc6)ccc-4c35)cc3ccccc23)nc1. The Bertz CT molecular complexity index is 4690. The van der Waals surface area contributed by atoms with Gasteiger partial charge in [0.15, 0.2) is 0 Å². The Labute approximate surface area is 452 Å². The molecule has 362 valence electrons. The molecular weight excluding hydrogens is 945 g/mol. The molecule has 0 radical (unpaired) electrons. The number of aromatic nitrogens is 2. The van der Waals surface area contributed by atoms with Crippen molar-refractivity contribution < 1.29 is 0 Å². The normalized spacial score (nSPS) is 11.8. The van der Waals surface area contributed by atoms with Crippen molar-refractivity contribution in [2.45, 2.75) is 0 Å². The summed E-state index contributed by atoms with van der Waals surface area (Å²) in [7, 11) is 0. The molecule has 0 bridgehead atoms. The zero-order chi connectivity index (χ0) is 51.3.